The van der Waals surface area contributed by atoms with Crippen molar-refractivity contribution in [1.82, 2.24) is 0 Å². The number of fused-ring (bicyclic) bond motifs is 1. The average molecular weight is 278 g/mol. The number of carbonyl (C=O) groups excluding carboxylic acids is 2. The first-order valence-corrected chi connectivity index (χ1v) is 6.50. The molecule has 0 N–H and O–H groups in total. The molecule has 2 rings (SSSR count). The SMILES string of the molecule is CC(C)(C)OC(=O)CCOc1ccc2c(c1)OCC2=O. The number of esters is 1. The Balaban J connectivity index is 1.83. The van der Waals surface area contributed by atoms with Gasteiger partial charge < -0.3 is 14.2 Å². The highest BCUT2D eigenvalue weighted by molar-refractivity contribution is 6.02. The number of hydrogen-bond donors (Lipinski definition) is 0. The molecule has 0 bridgehead atoms. The van der Waals surface area contributed by atoms with Gasteiger partial charge in [-0.15, -0.1) is 0 Å². The number of Topliss-reactive ketones (excluding diaryl/α,β-unsaturated/α-hetero) is 1. The van der Waals surface area contributed by atoms with Crippen molar-refractivity contribution in [2.75, 3.05) is 13.2 Å². The van der Waals surface area contributed by atoms with Crippen LogP contribution in [0.5, 0.6) is 11.5 Å². The minimum Gasteiger partial charge on any atom is -0.493 e. The van der Waals surface area contributed by atoms with E-state index in [1.54, 1.807) is 18.2 Å². The molecule has 0 saturated carbocycles. The summed E-state index contributed by atoms with van der Waals surface area (Å²) in [5, 5.41) is 0. The maximum Gasteiger partial charge on any atom is 0.309 e. The van der Waals surface area contributed by atoms with E-state index in [0.717, 1.165) is 0 Å². The summed E-state index contributed by atoms with van der Waals surface area (Å²) in [6.45, 7) is 5.76. The van der Waals surface area contributed by atoms with E-state index in [2.05, 4.69) is 0 Å². The van der Waals surface area contributed by atoms with Crippen LogP contribution in [0.4, 0.5) is 0 Å². The van der Waals surface area contributed by atoms with Crippen LogP contribution in [0.2, 0.25) is 0 Å². The van der Waals surface area contributed by atoms with Crippen molar-refractivity contribution in [1.29, 1.82) is 0 Å². The second-order valence-corrected chi connectivity index (χ2v) is 5.55. The lowest BCUT2D eigenvalue weighted by Crippen LogP contribution is -2.24. The van der Waals surface area contributed by atoms with Crippen LogP contribution in [0.25, 0.3) is 0 Å². The molecule has 0 aromatic heterocycles. The Labute approximate surface area is 117 Å². The van der Waals surface area contributed by atoms with E-state index in [-0.39, 0.29) is 31.4 Å². The molecular formula is C15H18O5. The monoisotopic (exact) mass is 278 g/mol. The van der Waals surface area contributed by atoms with E-state index >= 15 is 0 Å². The fraction of sp³-hybridized carbons (Fsp3) is 0.467. The number of ketones is 1. The normalized spacial score (nSPS) is 13.7. The van der Waals surface area contributed by atoms with Crippen LogP contribution in [-0.2, 0) is 9.53 Å². The molecule has 0 unspecified atom stereocenters. The fourth-order valence-corrected chi connectivity index (χ4v) is 1.81. The van der Waals surface area contributed by atoms with Gasteiger partial charge in [0.2, 0.25) is 5.78 Å². The first-order chi connectivity index (χ1) is 9.35. The smallest absolute Gasteiger partial charge is 0.309 e. The second kappa shape index (κ2) is 5.53. The van der Waals surface area contributed by atoms with Crippen molar-refractivity contribution in [3.05, 3.63) is 23.8 Å². The summed E-state index contributed by atoms with van der Waals surface area (Å²) < 4.78 is 15.9. The van der Waals surface area contributed by atoms with E-state index in [4.69, 9.17) is 14.2 Å². The molecule has 108 valence electrons. The lowest BCUT2D eigenvalue weighted by Gasteiger charge is -2.19. The van der Waals surface area contributed by atoms with Gasteiger partial charge in [-0.25, -0.2) is 0 Å². The Morgan fingerprint density at radius 3 is 2.80 bits per heavy atom. The zero-order valence-electron chi connectivity index (χ0n) is 11.9. The van der Waals surface area contributed by atoms with E-state index in [0.29, 0.717) is 17.1 Å². The second-order valence-electron chi connectivity index (χ2n) is 5.55. The number of benzene rings is 1. The maximum absolute atomic E-state index is 11.5. The van der Waals surface area contributed by atoms with E-state index in [9.17, 15) is 9.59 Å². The quantitative estimate of drug-likeness (QED) is 0.791. The molecule has 20 heavy (non-hydrogen) atoms. The standard InChI is InChI=1S/C15H18O5/c1-15(2,3)20-14(17)6-7-18-10-4-5-11-12(16)9-19-13(11)8-10/h4-5,8H,6-7,9H2,1-3H3. The number of hydrogen-bond acceptors (Lipinski definition) is 5. The van der Waals surface area contributed by atoms with Crippen LogP contribution >= 0.6 is 0 Å². The summed E-state index contributed by atoms with van der Waals surface area (Å²) in [7, 11) is 0. The lowest BCUT2D eigenvalue weighted by atomic mass is 10.1. The number of ether oxygens (including phenoxy) is 3. The van der Waals surface area contributed by atoms with E-state index in [1.807, 2.05) is 20.8 Å². The third-order valence-electron chi connectivity index (χ3n) is 2.61. The van der Waals surface area contributed by atoms with Crippen molar-refractivity contribution in [2.45, 2.75) is 32.8 Å². The minimum atomic E-state index is -0.487. The predicted octanol–water partition coefficient (Wildman–Crippen LogP) is 2.37. The zero-order chi connectivity index (χ0) is 14.8. The summed E-state index contributed by atoms with van der Waals surface area (Å²) in [5.74, 6) is 0.775. The largest absolute Gasteiger partial charge is 0.493 e. The third-order valence-corrected chi connectivity index (χ3v) is 2.61. The van der Waals surface area contributed by atoms with Gasteiger partial charge >= 0.3 is 5.97 Å². The van der Waals surface area contributed by atoms with E-state index < -0.39 is 5.60 Å². The van der Waals surface area contributed by atoms with Gasteiger partial charge in [0.15, 0.2) is 6.61 Å². The van der Waals surface area contributed by atoms with Crippen molar-refractivity contribution >= 4 is 11.8 Å². The Morgan fingerprint density at radius 1 is 1.35 bits per heavy atom. The average Bonchev–Trinajstić information content (AvgIpc) is 2.68. The Kier molecular flexibility index (Phi) is 3.97. The fourth-order valence-electron chi connectivity index (χ4n) is 1.81. The topological polar surface area (TPSA) is 61.8 Å². The Bertz CT molecular complexity index is 528. The molecule has 0 aliphatic carbocycles. The molecule has 5 nitrogen and oxygen atoms in total. The molecule has 5 heteroatoms. The Hall–Kier alpha value is -2.04. The molecule has 0 saturated heterocycles. The van der Waals surface area contributed by atoms with Gasteiger partial charge in [0, 0.05) is 6.07 Å². The first-order valence-electron chi connectivity index (χ1n) is 6.50. The van der Waals surface area contributed by atoms with Crippen LogP contribution in [0.1, 0.15) is 37.6 Å². The van der Waals surface area contributed by atoms with Crippen LogP contribution in [0, 0.1) is 0 Å². The predicted molar refractivity (Wildman–Crippen MR) is 72.2 cm³/mol. The Morgan fingerprint density at radius 2 is 2.10 bits per heavy atom. The zero-order valence-corrected chi connectivity index (χ0v) is 11.9. The molecule has 1 aliphatic rings. The number of rotatable bonds is 4. The van der Waals surface area contributed by atoms with Gasteiger partial charge in [0.25, 0.3) is 0 Å². The van der Waals surface area contributed by atoms with Gasteiger partial charge in [-0.2, -0.15) is 0 Å². The van der Waals surface area contributed by atoms with Crippen molar-refractivity contribution in [3.63, 3.8) is 0 Å². The van der Waals surface area contributed by atoms with Crippen molar-refractivity contribution in [3.8, 4) is 11.5 Å². The molecule has 0 radical (unpaired) electrons. The molecule has 1 heterocycles. The highest BCUT2D eigenvalue weighted by Crippen LogP contribution is 2.29. The summed E-state index contributed by atoms with van der Waals surface area (Å²) in [4.78, 5) is 22.9. The van der Waals surface area contributed by atoms with Crippen LogP contribution in [0.3, 0.4) is 0 Å². The molecule has 1 aliphatic heterocycles. The molecule has 0 spiro atoms. The highest BCUT2D eigenvalue weighted by atomic mass is 16.6. The van der Waals surface area contributed by atoms with Crippen molar-refractivity contribution < 1.29 is 23.8 Å². The number of carbonyl (C=O) groups is 2. The van der Waals surface area contributed by atoms with Crippen LogP contribution < -0.4 is 9.47 Å². The maximum atomic E-state index is 11.5. The van der Waals surface area contributed by atoms with Crippen LogP contribution in [0.15, 0.2) is 18.2 Å². The van der Waals surface area contributed by atoms with Gasteiger partial charge in [0.1, 0.15) is 17.1 Å². The van der Waals surface area contributed by atoms with Gasteiger partial charge in [-0.1, -0.05) is 0 Å². The minimum absolute atomic E-state index is 0.0275. The van der Waals surface area contributed by atoms with Crippen molar-refractivity contribution in [2.24, 2.45) is 0 Å². The van der Waals surface area contributed by atoms with Gasteiger partial charge in [-0.05, 0) is 32.9 Å². The summed E-state index contributed by atoms with van der Waals surface area (Å²) in [6, 6.07) is 5.03. The summed E-state index contributed by atoms with van der Waals surface area (Å²) in [6.07, 6.45) is 0.175. The van der Waals surface area contributed by atoms with E-state index in [1.165, 1.54) is 0 Å². The molecule has 1 aromatic rings. The molecule has 0 fully saturated rings. The van der Waals surface area contributed by atoms with Gasteiger partial charge in [-0.3, -0.25) is 9.59 Å². The summed E-state index contributed by atoms with van der Waals surface area (Å²) >= 11 is 0. The van der Waals surface area contributed by atoms with Crippen LogP contribution in [-0.4, -0.2) is 30.6 Å². The summed E-state index contributed by atoms with van der Waals surface area (Å²) in [5.41, 5.74) is 0.0864. The third kappa shape index (κ3) is 3.73. The molecule has 0 atom stereocenters. The molecular weight excluding hydrogens is 260 g/mol. The first kappa shape index (κ1) is 14.4. The highest BCUT2D eigenvalue weighted by Gasteiger charge is 2.21. The van der Waals surface area contributed by atoms with Gasteiger partial charge in [0.05, 0.1) is 18.6 Å². The molecule has 1 aromatic carbocycles. The molecule has 0 amide bonds. The lowest BCUT2D eigenvalue weighted by molar-refractivity contribution is -0.155.